The van der Waals surface area contributed by atoms with Gasteiger partial charge in [-0.2, -0.15) is 0 Å². The predicted molar refractivity (Wildman–Crippen MR) is 89.7 cm³/mol. The van der Waals surface area contributed by atoms with Crippen LogP contribution in [0.4, 0.5) is 5.69 Å². The minimum absolute atomic E-state index is 0.159. The van der Waals surface area contributed by atoms with Crippen molar-refractivity contribution >= 4 is 45.8 Å². The predicted octanol–water partition coefficient (Wildman–Crippen LogP) is 5.23. The van der Waals surface area contributed by atoms with Crippen molar-refractivity contribution in [2.45, 2.75) is 13.3 Å². The van der Waals surface area contributed by atoms with Gasteiger partial charge in [-0.3, -0.25) is 4.79 Å². The van der Waals surface area contributed by atoms with Gasteiger partial charge in [0, 0.05) is 16.0 Å². The fourth-order valence-corrected chi connectivity index (χ4v) is 2.75. The Hall–Kier alpha value is -1.97. The van der Waals surface area contributed by atoms with Gasteiger partial charge in [0.2, 0.25) is 5.91 Å². The highest BCUT2D eigenvalue weighted by Gasteiger charge is 2.12. The van der Waals surface area contributed by atoms with Crippen molar-refractivity contribution < 1.29 is 9.21 Å². The van der Waals surface area contributed by atoms with Gasteiger partial charge in [-0.05, 0) is 37.3 Å². The summed E-state index contributed by atoms with van der Waals surface area (Å²) >= 11 is 11.9. The van der Waals surface area contributed by atoms with Gasteiger partial charge in [0.25, 0.3) is 0 Å². The van der Waals surface area contributed by atoms with E-state index in [0.717, 1.165) is 22.1 Å². The van der Waals surface area contributed by atoms with E-state index in [9.17, 15) is 4.79 Å². The van der Waals surface area contributed by atoms with Crippen LogP contribution in [0.2, 0.25) is 10.0 Å². The Morgan fingerprint density at radius 3 is 2.77 bits per heavy atom. The zero-order valence-electron chi connectivity index (χ0n) is 11.8. The summed E-state index contributed by atoms with van der Waals surface area (Å²) < 4.78 is 5.47. The Bertz CT molecular complexity index is 855. The van der Waals surface area contributed by atoms with Crippen LogP contribution in [0.15, 0.2) is 47.1 Å². The number of amides is 1. The Balaban J connectivity index is 1.79. The number of carbonyl (C=O) groups is 1. The van der Waals surface area contributed by atoms with E-state index in [-0.39, 0.29) is 12.3 Å². The molecule has 3 rings (SSSR count). The lowest BCUT2D eigenvalue weighted by atomic mass is 10.1. The van der Waals surface area contributed by atoms with Gasteiger partial charge in [0.1, 0.15) is 5.58 Å². The van der Waals surface area contributed by atoms with Gasteiger partial charge in [-0.1, -0.05) is 34.8 Å². The first-order valence-electron chi connectivity index (χ1n) is 6.74. The van der Waals surface area contributed by atoms with Crippen molar-refractivity contribution in [1.82, 2.24) is 0 Å². The Kier molecular flexibility index (Phi) is 4.10. The van der Waals surface area contributed by atoms with Gasteiger partial charge in [-0.25, -0.2) is 0 Å². The maximum atomic E-state index is 12.2. The lowest BCUT2D eigenvalue weighted by Gasteiger charge is -2.07. The molecule has 1 heterocycles. The van der Waals surface area contributed by atoms with Crippen LogP contribution in [0.3, 0.4) is 0 Å². The summed E-state index contributed by atoms with van der Waals surface area (Å²) in [5.41, 5.74) is 3.29. The maximum absolute atomic E-state index is 12.2. The van der Waals surface area contributed by atoms with E-state index in [0.29, 0.717) is 15.7 Å². The van der Waals surface area contributed by atoms with Crippen molar-refractivity contribution in [2.24, 2.45) is 0 Å². The third-order valence-electron chi connectivity index (χ3n) is 3.37. The molecular formula is C17H13Cl2NO2. The lowest BCUT2D eigenvalue weighted by Crippen LogP contribution is -2.14. The number of halogens is 2. The average Bonchev–Trinajstić information content (AvgIpc) is 2.84. The summed E-state index contributed by atoms with van der Waals surface area (Å²) in [5.74, 6) is -0.159. The molecule has 0 spiro atoms. The van der Waals surface area contributed by atoms with E-state index in [1.54, 1.807) is 24.5 Å². The molecule has 3 nitrogen and oxygen atoms in total. The summed E-state index contributed by atoms with van der Waals surface area (Å²) in [7, 11) is 0. The minimum atomic E-state index is -0.159. The summed E-state index contributed by atoms with van der Waals surface area (Å²) in [5, 5.41) is 4.68. The Morgan fingerprint density at radius 1 is 1.18 bits per heavy atom. The molecule has 0 unspecified atom stereocenters. The molecule has 0 aliphatic carbocycles. The zero-order valence-corrected chi connectivity index (χ0v) is 13.3. The van der Waals surface area contributed by atoms with E-state index in [4.69, 9.17) is 27.6 Å². The molecule has 2 aromatic carbocycles. The topological polar surface area (TPSA) is 42.2 Å². The van der Waals surface area contributed by atoms with E-state index >= 15 is 0 Å². The monoisotopic (exact) mass is 333 g/mol. The van der Waals surface area contributed by atoms with E-state index in [2.05, 4.69) is 5.32 Å². The van der Waals surface area contributed by atoms with Crippen LogP contribution < -0.4 is 5.32 Å². The van der Waals surface area contributed by atoms with Crippen molar-refractivity contribution in [3.05, 3.63) is 63.8 Å². The first-order valence-corrected chi connectivity index (χ1v) is 7.50. The number of rotatable bonds is 3. The summed E-state index contributed by atoms with van der Waals surface area (Å²) in [6.45, 7) is 2.00. The summed E-state index contributed by atoms with van der Waals surface area (Å²) in [6.07, 6.45) is 1.84. The number of benzene rings is 2. The highest BCUT2D eigenvalue weighted by molar-refractivity contribution is 6.36. The van der Waals surface area contributed by atoms with Crippen LogP contribution in [0.25, 0.3) is 11.0 Å². The highest BCUT2D eigenvalue weighted by Crippen LogP contribution is 2.26. The van der Waals surface area contributed by atoms with Gasteiger partial charge < -0.3 is 9.73 Å². The van der Waals surface area contributed by atoms with Crippen LogP contribution >= 0.6 is 23.2 Å². The second-order valence-corrected chi connectivity index (χ2v) is 5.95. The van der Waals surface area contributed by atoms with Crippen molar-refractivity contribution in [3.8, 4) is 0 Å². The van der Waals surface area contributed by atoms with Gasteiger partial charge in [0.15, 0.2) is 0 Å². The molecule has 22 heavy (non-hydrogen) atoms. The minimum Gasteiger partial charge on any atom is -0.464 e. The van der Waals surface area contributed by atoms with Crippen LogP contribution in [-0.4, -0.2) is 5.91 Å². The van der Waals surface area contributed by atoms with Crippen LogP contribution in [0.1, 0.15) is 11.1 Å². The molecule has 0 aliphatic heterocycles. The van der Waals surface area contributed by atoms with E-state index in [1.807, 2.05) is 25.1 Å². The fourth-order valence-electron chi connectivity index (χ4n) is 2.29. The average molecular weight is 334 g/mol. The fraction of sp³-hybridized carbons (Fsp3) is 0.118. The van der Waals surface area contributed by atoms with Crippen molar-refractivity contribution in [3.63, 3.8) is 0 Å². The molecule has 5 heteroatoms. The molecule has 112 valence electrons. The number of anilines is 1. The number of hydrogen-bond acceptors (Lipinski definition) is 2. The van der Waals surface area contributed by atoms with Crippen molar-refractivity contribution in [2.75, 3.05) is 5.32 Å². The second kappa shape index (κ2) is 6.03. The first-order chi connectivity index (χ1) is 10.5. The molecule has 0 saturated carbocycles. The number of fused-ring (bicyclic) bond motifs is 1. The molecule has 0 radical (unpaired) electrons. The standard InChI is InChI=1S/C17H13Cl2NO2/c1-10-2-5-16-13(6-10)11(9-22-16)7-17(21)20-15-4-3-12(18)8-14(15)19/h2-6,8-9H,7H2,1H3,(H,20,21). The second-order valence-electron chi connectivity index (χ2n) is 5.11. The number of furan rings is 1. The van der Waals surface area contributed by atoms with Gasteiger partial charge >= 0.3 is 0 Å². The van der Waals surface area contributed by atoms with Gasteiger partial charge in [-0.15, -0.1) is 0 Å². The number of nitrogens with one attached hydrogen (secondary N) is 1. The number of hydrogen-bond donors (Lipinski definition) is 1. The molecule has 0 aliphatic rings. The van der Waals surface area contributed by atoms with E-state index < -0.39 is 0 Å². The molecule has 0 fully saturated rings. The normalized spacial score (nSPS) is 10.9. The van der Waals surface area contributed by atoms with Crippen molar-refractivity contribution in [1.29, 1.82) is 0 Å². The molecule has 0 saturated heterocycles. The molecular weight excluding hydrogens is 321 g/mol. The Labute approximate surface area is 137 Å². The van der Waals surface area contributed by atoms with Crippen LogP contribution in [0.5, 0.6) is 0 Å². The molecule has 1 amide bonds. The quantitative estimate of drug-likeness (QED) is 0.713. The molecule has 1 aromatic heterocycles. The smallest absolute Gasteiger partial charge is 0.228 e. The molecule has 3 aromatic rings. The van der Waals surface area contributed by atoms with Gasteiger partial charge in [0.05, 0.1) is 23.4 Å². The lowest BCUT2D eigenvalue weighted by molar-refractivity contribution is -0.115. The molecule has 0 bridgehead atoms. The van der Waals surface area contributed by atoms with E-state index in [1.165, 1.54) is 0 Å². The Morgan fingerprint density at radius 2 is 2.00 bits per heavy atom. The molecule has 0 atom stereocenters. The van der Waals surface area contributed by atoms with Crippen LogP contribution in [-0.2, 0) is 11.2 Å². The molecule has 1 N–H and O–H groups in total. The number of aryl methyl sites for hydroxylation is 1. The summed E-state index contributed by atoms with van der Waals surface area (Å²) in [6, 6.07) is 10.8. The maximum Gasteiger partial charge on any atom is 0.228 e. The third kappa shape index (κ3) is 3.11. The first kappa shape index (κ1) is 14.9. The zero-order chi connectivity index (χ0) is 15.7. The SMILES string of the molecule is Cc1ccc2occ(CC(=O)Nc3ccc(Cl)cc3Cl)c2c1. The number of carbonyl (C=O) groups excluding carboxylic acids is 1. The highest BCUT2D eigenvalue weighted by atomic mass is 35.5. The summed E-state index contributed by atoms with van der Waals surface area (Å²) in [4.78, 5) is 12.2. The van der Waals surface area contributed by atoms with Crippen LogP contribution in [0, 0.1) is 6.92 Å². The largest absolute Gasteiger partial charge is 0.464 e. The third-order valence-corrected chi connectivity index (χ3v) is 3.91.